The van der Waals surface area contributed by atoms with Crippen molar-refractivity contribution >= 4 is 32.8 Å². The predicted octanol–water partition coefficient (Wildman–Crippen LogP) is -0.401. The van der Waals surface area contributed by atoms with Crippen LogP contribution < -0.4 is 10.0 Å². The maximum Gasteiger partial charge on any atom is 0.228 e. The van der Waals surface area contributed by atoms with Crippen molar-refractivity contribution in [2.75, 3.05) is 17.2 Å². The molecule has 3 N–H and O–H groups in total. The average Bonchev–Trinajstić information content (AvgIpc) is 2.93. The standard InChI is InChI=1S/C11H13N5O3S/c12-20(18,19)5-7-3-9(17)16(4-7)11-8-1-2-13-10(8)14-6-15-11/h1-2,6-7H,3-5H2,(H2,12,18,19)(H,13,14,15). The van der Waals surface area contributed by atoms with Gasteiger partial charge in [-0.05, 0) is 6.07 Å². The minimum Gasteiger partial charge on any atom is -0.346 e. The summed E-state index contributed by atoms with van der Waals surface area (Å²) in [6.07, 6.45) is 3.24. The molecule has 1 unspecified atom stereocenters. The minimum atomic E-state index is -3.59. The van der Waals surface area contributed by atoms with Gasteiger partial charge in [-0.3, -0.25) is 9.69 Å². The molecule has 1 saturated heterocycles. The molecule has 20 heavy (non-hydrogen) atoms. The Morgan fingerprint density at radius 2 is 2.25 bits per heavy atom. The first-order valence-electron chi connectivity index (χ1n) is 6.03. The summed E-state index contributed by atoms with van der Waals surface area (Å²) >= 11 is 0. The topological polar surface area (TPSA) is 122 Å². The van der Waals surface area contributed by atoms with Crippen LogP contribution in [0.3, 0.4) is 0 Å². The highest BCUT2D eigenvalue weighted by atomic mass is 32.2. The number of carbonyl (C=O) groups is 1. The first kappa shape index (κ1) is 13.0. The zero-order chi connectivity index (χ0) is 14.3. The largest absolute Gasteiger partial charge is 0.346 e. The molecule has 1 amide bonds. The van der Waals surface area contributed by atoms with Gasteiger partial charge in [0.15, 0.2) is 0 Å². The number of fused-ring (bicyclic) bond motifs is 1. The van der Waals surface area contributed by atoms with E-state index in [1.165, 1.54) is 11.2 Å². The maximum atomic E-state index is 12.1. The van der Waals surface area contributed by atoms with E-state index in [4.69, 9.17) is 5.14 Å². The molecule has 1 aliphatic heterocycles. The molecule has 1 fully saturated rings. The van der Waals surface area contributed by atoms with Crippen LogP contribution in [0.1, 0.15) is 6.42 Å². The van der Waals surface area contributed by atoms with Crippen molar-refractivity contribution in [3.05, 3.63) is 18.6 Å². The van der Waals surface area contributed by atoms with Crippen LogP contribution in [0.5, 0.6) is 0 Å². The van der Waals surface area contributed by atoms with Crippen molar-refractivity contribution < 1.29 is 13.2 Å². The SMILES string of the molecule is NS(=O)(=O)CC1CC(=O)N(c2ncnc3[nH]ccc23)C1. The smallest absolute Gasteiger partial charge is 0.228 e. The number of aromatic nitrogens is 3. The molecule has 1 atom stereocenters. The van der Waals surface area contributed by atoms with E-state index >= 15 is 0 Å². The van der Waals surface area contributed by atoms with Crippen LogP contribution in [-0.4, -0.2) is 41.6 Å². The first-order valence-corrected chi connectivity index (χ1v) is 7.74. The van der Waals surface area contributed by atoms with Crippen LogP contribution in [0.25, 0.3) is 11.0 Å². The highest BCUT2D eigenvalue weighted by Gasteiger charge is 2.34. The van der Waals surface area contributed by atoms with E-state index in [-0.39, 0.29) is 24.0 Å². The molecule has 2 aromatic rings. The summed E-state index contributed by atoms with van der Waals surface area (Å²) in [7, 11) is -3.59. The van der Waals surface area contributed by atoms with E-state index in [0.29, 0.717) is 18.0 Å². The van der Waals surface area contributed by atoms with Gasteiger partial charge in [0.05, 0.1) is 11.1 Å². The van der Waals surface area contributed by atoms with E-state index in [0.717, 1.165) is 5.39 Å². The number of H-pyrrole nitrogens is 1. The average molecular weight is 295 g/mol. The Morgan fingerprint density at radius 3 is 3.00 bits per heavy atom. The van der Waals surface area contributed by atoms with Gasteiger partial charge in [0.1, 0.15) is 17.8 Å². The van der Waals surface area contributed by atoms with Gasteiger partial charge in [-0.25, -0.2) is 23.5 Å². The van der Waals surface area contributed by atoms with Crippen LogP contribution >= 0.6 is 0 Å². The second-order valence-electron chi connectivity index (χ2n) is 4.84. The lowest BCUT2D eigenvalue weighted by atomic mass is 10.1. The monoisotopic (exact) mass is 295 g/mol. The Bertz CT molecular complexity index is 769. The Morgan fingerprint density at radius 1 is 1.45 bits per heavy atom. The fourth-order valence-corrected chi connectivity index (χ4v) is 3.38. The molecule has 0 bridgehead atoms. The van der Waals surface area contributed by atoms with Gasteiger partial charge < -0.3 is 4.98 Å². The molecule has 106 valence electrons. The number of nitrogens with two attached hydrogens (primary N) is 1. The van der Waals surface area contributed by atoms with Crippen LogP contribution in [0.4, 0.5) is 5.82 Å². The van der Waals surface area contributed by atoms with Gasteiger partial charge in [-0.2, -0.15) is 0 Å². The van der Waals surface area contributed by atoms with Gasteiger partial charge in [-0.15, -0.1) is 0 Å². The van der Waals surface area contributed by atoms with E-state index in [9.17, 15) is 13.2 Å². The second-order valence-corrected chi connectivity index (χ2v) is 6.50. The summed E-state index contributed by atoms with van der Waals surface area (Å²) in [5.41, 5.74) is 0.637. The Kier molecular flexibility index (Phi) is 2.94. The Balaban J connectivity index is 1.91. The normalized spacial score (nSPS) is 19.9. The van der Waals surface area contributed by atoms with Gasteiger partial charge in [0, 0.05) is 25.1 Å². The lowest BCUT2D eigenvalue weighted by Gasteiger charge is -2.15. The third kappa shape index (κ3) is 2.37. The van der Waals surface area contributed by atoms with Crippen LogP contribution in [-0.2, 0) is 14.8 Å². The lowest BCUT2D eigenvalue weighted by Crippen LogP contribution is -2.28. The van der Waals surface area contributed by atoms with Crippen LogP contribution in [0.2, 0.25) is 0 Å². The number of sulfonamides is 1. The van der Waals surface area contributed by atoms with Gasteiger partial charge >= 0.3 is 0 Å². The molecule has 1 aliphatic rings. The summed E-state index contributed by atoms with van der Waals surface area (Å²) in [4.78, 5) is 24.7. The number of primary sulfonamides is 1. The molecule has 3 heterocycles. The molecule has 8 nitrogen and oxygen atoms in total. The van der Waals surface area contributed by atoms with E-state index in [1.54, 1.807) is 12.3 Å². The molecule has 3 rings (SSSR count). The third-order valence-electron chi connectivity index (χ3n) is 3.26. The zero-order valence-electron chi connectivity index (χ0n) is 10.5. The summed E-state index contributed by atoms with van der Waals surface area (Å²) in [5.74, 6) is -0.157. The number of rotatable bonds is 3. The number of hydrogen-bond donors (Lipinski definition) is 2. The summed E-state index contributed by atoms with van der Waals surface area (Å²) in [5, 5.41) is 5.76. The fraction of sp³-hybridized carbons (Fsp3) is 0.364. The second kappa shape index (κ2) is 4.53. The van der Waals surface area contributed by atoms with Gasteiger partial charge in [0.2, 0.25) is 15.9 Å². The minimum absolute atomic E-state index is 0.153. The molecule has 0 radical (unpaired) electrons. The van der Waals surface area contributed by atoms with Crippen molar-refractivity contribution in [2.24, 2.45) is 11.1 Å². The van der Waals surface area contributed by atoms with E-state index < -0.39 is 10.0 Å². The number of amides is 1. The Labute approximate surface area is 115 Å². The number of nitrogens with zero attached hydrogens (tertiary/aromatic N) is 3. The fourth-order valence-electron chi connectivity index (χ4n) is 2.50. The van der Waals surface area contributed by atoms with Crippen LogP contribution in [0.15, 0.2) is 18.6 Å². The van der Waals surface area contributed by atoms with E-state index in [1.807, 2.05) is 0 Å². The van der Waals surface area contributed by atoms with Crippen molar-refractivity contribution in [2.45, 2.75) is 6.42 Å². The van der Waals surface area contributed by atoms with Crippen molar-refractivity contribution in [1.29, 1.82) is 0 Å². The molecule has 0 aromatic carbocycles. The molecular formula is C11H13N5O3S. The predicted molar refractivity (Wildman–Crippen MR) is 72.3 cm³/mol. The maximum absolute atomic E-state index is 12.1. The first-order chi connectivity index (χ1) is 9.44. The number of anilines is 1. The highest BCUT2D eigenvalue weighted by molar-refractivity contribution is 7.89. The Hall–Kier alpha value is -2.00. The van der Waals surface area contributed by atoms with Crippen molar-refractivity contribution in [3.63, 3.8) is 0 Å². The number of carbonyl (C=O) groups excluding carboxylic acids is 1. The van der Waals surface area contributed by atoms with Crippen LogP contribution in [0, 0.1) is 5.92 Å². The third-order valence-corrected chi connectivity index (χ3v) is 4.20. The quantitative estimate of drug-likeness (QED) is 0.797. The van der Waals surface area contributed by atoms with Crippen molar-refractivity contribution in [1.82, 2.24) is 15.0 Å². The zero-order valence-corrected chi connectivity index (χ0v) is 11.3. The molecule has 0 spiro atoms. The molecule has 0 saturated carbocycles. The lowest BCUT2D eigenvalue weighted by molar-refractivity contribution is -0.117. The number of aromatic amines is 1. The highest BCUT2D eigenvalue weighted by Crippen LogP contribution is 2.28. The van der Waals surface area contributed by atoms with Crippen molar-refractivity contribution in [3.8, 4) is 0 Å². The van der Waals surface area contributed by atoms with E-state index in [2.05, 4.69) is 15.0 Å². The summed E-state index contributed by atoms with van der Waals surface area (Å²) < 4.78 is 22.3. The molecular weight excluding hydrogens is 282 g/mol. The molecule has 9 heteroatoms. The van der Waals surface area contributed by atoms with Gasteiger partial charge in [0.25, 0.3) is 0 Å². The number of hydrogen-bond acceptors (Lipinski definition) is 5. The molecule has 2 aromatic heterocycles. The van der Waals surface area contributed by atoms with Gasteiger partial charge in [-0.1, -0.05) is 0 Å². The number of nitrogens with one attached hydrogen (secondary N) is 1. The molecule has 0 aliphatic carbocycles. The summed E-state index contributed by atoms with van der Waals surface area (Å²) in [6.45, 7) is 0.298. The summed E-state index contributed by atoms with van der Waals surface area (Å²) in [6, 6.07) is 1.78.